The fraction of sp³-hybridized carbons (Fsp3) is 0.714. The molecular weight excluding hydrogens is 300 g/mol. The molecule has 0 N–H and O–H groups in total. The molecule has 0 aliphatic rings. The Kier molecular flexibility index (Phi) is 8.24. The highest BCUT2D eigenvalue weighted by molar-refractivity contribution is 5.30. The summed E-state index contributed by atoms with van der Waals surface area (Å²) in [5.41, 5.74) is 1.94. The lowest BCUT2D eigenvalue weighted by atomic mass is 9.69. The van der Waals surface area contributed by atoms with Gasteiger partial charge >= 0.3 is 0 Å². The van der Waals surface area contributed by atoms with Gasteiger partial charge in [0.1, 0.15) is 12.4 Å². The Bertz CT molecular complexity index is 451. The number of ether oxygens (including phenoxy) is 3. The van der Waals surface area contributed by atoms with E-state index in [4.69, 9.17) is 14.2 Å². The Morgan fingerprint density at radius 1 is 0.833 bits per heavy atom. The van der Waals surface area contributed by atoms with Gasteiger partial charge in [0, 0.05) is 7.11 Å². The van der Waals surface area contributed by atoms with Gasteiger partial charge in [0.15, 0.2) is 0 Å². The van der Waals surface area contributed by atoms with E-state index in [1.165, 1.54) is 12.0 Å². The highest BCUT2D eigenvalue weighted by Crippen LogP contribution is 2.43. The fourth-order valence-electron chi connectivity index (χ4n) is 2.80. The minimum Gasteiger partial charge on any atom is -0.491 e. The summed E-state index contributed by atoms with van der Waals surface area (Å²) < 4.78 is 16.1. The van der Waals surface area contributed by atoms with E-state index < -0.39 is 0 Å². The van der Waals surface area contributed by atoms with Crippen LogP contribution in [0.3, 0.4) is 0 Å². The zero-order chi connectivity index (χ0) is 18.2. The molecule has 1 aromatic carbocycles. The molecule has 0 spiro atoms. The van der Waals surface area contributed by atoms with Crippen molar-refractivity contribution in [3.8, 4) is 5.75 Å². The molecule has 24 heavy (non-hydrogen) atoms. The Balaban J connectivity index is 2.60. The molecule has 1 atom stereocenters. The van der Waals surface area contributed by atoms with Gasteiger partial charge in [-0.3, -0.25) is 0 Å². The SMILES string of the molecule is COCCOCCOc1ccc(C(CC(C)(C)C)C(C)(C)C)cc1. The minimum atomic E-state index is 0.241. The highest BCUT2D eigenvalue weighted by atomic mass is 16.5. The molecule has 1 unspecified atom stereocenters. The summed E-state index contributed by atoms with van der Waals surface area (Å²) >= 11 is 0. The van der Waals surface area contributed by atoms with Gasteiger partial charge in [-0.25, -0.2) is 0 Å². The van der Waals surface area contributed by atoms with Crippen molar-refractivity contribution in [1.29, 1.82) is 0 Å². The topological polar surface area (TPSA) is 27.7 Å². The van der Waals surface area contributed by atoms with Crippen molar-refractivity contribution in [3.63, 3.8) is 0 Å². The molecule has 0 saturated heterocycles. The molecule has 0 saturated carbocycles. The van der Waals surface area contributed by atoms with E-state index >= 15 is 0 Å². The van der Waals surface area contributed by atoms with E-state index in [9.17, 15) is 0 Å². The second-order valence-electron chi connectivity index (χ2n) is 8.71. The summed E-state index contributed by atoms with van der Waals surface area (Å²) in [6.07, 6.45) is 1.17. The third kappa shape index (κ3) is 8.16. The van der Waals surface area contributed by atoms with Crippen LogP contribution in [0.15, 0.2) is 24.3 Å². The molecule has 3 heteroatoms. The summed E-state index contributed by atoms with van der Waals surface area (Å²) in [7, 11) is 1.67. The Morgan fingerprint density at radius 3 is 1.92 bits per heavy atom. The van der Waals surface area contributed by atoms with Crippen LogP contribution in [-0.4, -0.2) is 33.5 Å². The number of hydrogen-bond donors (Lipinski definition) is 0. The second kappa shape index (κ2) is 9.43. The van der Waals surface area contributed by atoms with Crippen molar-refractivity contribution in [2.75, 3.05) is 33.5 Å². The van der Waals surface area contributed by atoms with E-state index in [0.29, 0.717) is 37.8 Å². The van der Waals surface area contributed by atoms with E-state index in [1.54, 1.807) is 7.11 Å². The highest BCUT2D eigenvalue weighted by Gasteiger charge is 2.30. The van der Waals surface area contributed by atoms with Crippen LogP contribution >= 0.6 is 0 Å². The number of methoxy groups -OCH3 is 1. The molecular formula is C21H36O3. The molecule has 138 valence electrons. The second-order valence-corrected chi connectivity index (χ2v) is 8.71. The van der Waals surface area contributed by atoms with Gasteiger partial charge in [-0.15, -0.1) is 0 Å². The first kappa shape index (κ1) is 21.0. The van der Waals surface area contributed by atoms with Gasteiger partial charge in [0.05, 0.1) is 19.8 Å². The van der Waals surface area contributed by atoms with Crippen molar-refractivity contribution < 1.29 is 14.2 Å². The van der Waals surface area contributed by atoms with E-state index in [2.05, 4.69) is 65.8 Å². The minimum absolute atomic E-state index is 0.241. The largest absolute Gasteiger partial charge is 0.491 e. The average Bonchev–Trinajstić information content (AvgIpc) is 2.47. The summed E-state index contributed by atoms with van der Waals surface area (Å²) in [5.74, 6) is 1.43. The summed E-state index contributed by atoms with van der Waals surface area (Å²) in [6.45, 7) is 16.3. The number of rotatable bonds is 9. The van der Waals surface area contributed by atoms with E-state index in [-0.39, 0.29) is 5.41 Å². The van der Waals surface area contributed by atoms with Crippen LogP contribution in [0.1, 0.15) is 59.4 Å². The van der Waals surface area contributed by atoms with Gasteiger partial charge in [0.25, 0.3) is 0 Å². The molecule has 1 rings (SSSR count). The Labute approximate surface area is 148 Å². The lowest BCUT2D eigenvalue weighted by Gasteiger charge is -2.36. The maximum Gasteiger partial charge on any atom is 0.119 e. The Hall–Kier alpha value is -1.06. The fourth-order valence-corrected chi connectivity index (χ4v) is 2.80. The standard InChI is InChI=1S/C21H36O3/c1-20(2,3)16-19(21(4,5)6)17-8-10-18(11-9-17)24-15-14-23-13-12-22-7/h8-11,19H,12-16H2,1-7H3. The maximum absolute atomic E-state index is 5.74. The zero-order valence-electron chi connectivity index (χ0n) is 16.6. The average molecular weight is 337 g/mol. The molecule has 0 aliphatic carbocycles. The molecule has 1 aromatic rings. The first-order valence-electron chi connectivity index (χ1n) is 8.93. The van der Waals surface area contributed by atoms with Crippen molar-refractivity contribution in [2.45, 2.75) is 53.9 Å². The molecule has 0 radical (unpaired) electrons. The molecule has 0 aliphatic heterocycles. The van der Waals surface area contributed by atoms with Gasteiger partial charge in [-0.1, -0.05) is 53.7 Å². The van der Waals surface area contributed by atoms with Crippen molar-refractivity contribution >= 4 is 0 Å². The quantitative estimate of drug-likeness (QED) is 0.573. The van der Waals surface area contributed by atoms with E-state index in [1.807, 2.05) is 0 Å². The van der Waals surface area contributed by atoms with Crippen LogP contribution in [0.25, 0.3) is 0 Å². The van der Waals surface area contributed by atoms with Crippen LogP contribution in [0, 0.1) is 10.8 Å². The lowest BCUT2D eigenvalue weighted by molar-refractivity contribution is 0.0544. The summed E-state index contributed by atoms with van der Waals surface area (Å²) in [6, 6.07) is 8.57. The van der Waals surface area contributed by atoms with Crippen molar-refractivity contribution in [2.24, 2.45) is 10.8 Å². The molecule has 0 fully saturated rings. The Morgan fingerprint density at radius 2 is 1.42 bits per heavy atom. The molecule has 0 aromatic heterocycles. The zero-order valence-corrected chi connectivity index (χ0v) is 16.6. The molecule has 0 heterocycles. The van der Waals surface area contributed by atoms with Gasteiger partial charge in [-0.2, -0.15) is 0 Å². The normalized spacial score (nSPS) is 13.8. The summed E-state index contributed by atoms with van der Waals surface area (Å²) in [5, 5.41) is 0. The third-order valence-corrected chi connectivity index (χ3v) is 4.07. The van der Waals surface area contributed by atoms with Crippen LogP contribution < -0.4 is 4.74 Å². The third-order valence-electron chi connectivity index (χ3n) is 4.07. The molecule has 3 nitrogen and oxygen atoms in total. The molecule has 0 bridgehead atoms. The van der Waals surface area contributed by atoms with Crippen molar-refractivity contribution in [1.82, 2.24) is 0 Å². The first-order chi connectivity index (χ1) is 11.1. The van der Waals surface area contributed by atoms with Crippen LogP contribution in [-0.2, 0) is 9.47 Å². The first-order valence-corrected chi connectivity index (χ1v) is 8.93. The van der Waals surface area contributed by atoms with Crippen LogP contribution in [0.4, 0.5) is 0 Å². The predicted molar refractivity (Wildman–Crippen MR) is 101 cm³/mol. The van der Waals surface area contributed by atoms with Gasteiger partial charge < -0.3 is 14.2 Å². The lowest BCUT2D eigenvalue weighted by Crippen LogP contribution is -2.23. The van der Waals surface area contributed by atoms with Crippen molar-refractivity contribution in [3.05, 3.63) is 29.8 Å². The van der Waals surface area contributed by atoms with Gasteiger partial charge in [-0.05, 0) is 40.9 Å². The monoisotopic (exact) mass is 336 g/mol. The number of hydrogen-bond acceptors (Lipinski definition) is 3. The maximum atomic E-state index is 5.74. The smallest absolute Gasteiger partial charge is 0.119 e. The predicted octanol–water partition coefficient (Wildman–Crippen LogP) is 5.29. The summed E-state index contributed by atoms with van der Waals surface area (Å²) in [4.78, 5) is 0. The van der Waals surface area contributed by atoms with Crippen LogP contribution in [0.5, 0.6) is 5.75 Å². The number of benzene rings is 1. The van der Waals surface area contributed by atoms with E-state index in [0.717, 1.165) is 5.75 Å². The molecule has 0 amide bonds. The van der Waals surface area contributed by atoms with Gasteiger partial charge in [0.2, 0.25) is 0 Å². The van der Waals surface area contributed by atoms with Crippen LogP contribution in [0.2, 0.25) is 0 Å².